The minimum Gasteiger partial charge on any atom is -0.497 e. The van der Waals surface area contributed by atoms with E-state index in [0.29, 0.717) is 29.2 Å². The van der Waals surface area contributed by atoms with E-state index in [9.17, 15) is 9.59 Å². The van der Waals surface area contributed by atoms with Crippen LogP contribution in [0.3, 0.4) is 0 Å². The predicted molar refractivity (Wildman–Crippen MR) is 93.1 cm³/mol. The van der Waals surface area contributed by atoms with Gasteiger partial charge in [-0.2, -0.15) is 0 Å². The number of carboxylic acids is 1. The Morgan fingerprint density at radius 2 is 1.80 bits per heavy atom. The molecule has 0 bridgehead atoms. The topological polar surface area (TPSA) is 84.9 Å². The predicted octanol–water partition coefficient (Wildman–Crippen LogP) is 3.04. The fourth-order valence-corrected chi connectivity index (χ4v) is 2.43. The smallest absolute Gasteiger partial charge is 0.305 e. The third kappa shape index (κ3) is 4.97. The van der Waals surface area contributed by atoms with Gasteiger partial charge in [-0.15, -0.1) is 0 Å². The summed E-state index contributed by atoms with van der Waals surface area (Å²) in [7, 11) is 1.55. The highest BCUT2D eigenvalue weighted by Crippen LogP contribution is 2.23. The first-order valence-electron chi connectivity index (χ1n) is 7.93. The summed E-state index contributed by atoms with van der Waals surface area (Å²) in [6, 6.07) is 13.1. The third-order valence-corrected chi connectivity index (χ3v) is 3.63. The SMILES string of the molecule is CCOc1ccccc1C(=O)N[C@@H](CC(=O)O)c1ccc(OC)cc1. The molecule has 0 aromatic heterocycles. The van der Waals surface area contributed by atoms with Gasteiger partial charge in [-0.25, -0.2) is 0 Å². The Bertz CT molecular complexity index is 727. The number of hydrogen-bond donors (Lipinski definition) is 2. The maximum absolute atomic E-state index is 12.6. The maximum Gasteiger partial charge on any atom is 0.305 e. The van der Waals surface area contributed by atoms with Crippen molar-refractivity contribution in [3.05, 3.63) is 59.7 Å². The van der Waals surface area contributed by atoms with Crippen molar-refractivity contribution in [3.63, 3.8) is 0 Å². The van der Waals surface area contributed by atoms with Crippen molar-refractivity contribution in [3.8, 4) is 11.5 Å². The number of aliphatic carboxylic acids is 1. The van der Waals surface area contributed by atoms with Crippen molar-refractivity contribution in [2.45, 2.75) is 19.4 Å². The minimum absolute atomic E-state index is 0.227. The van der Waals surface area contributed by atoms with Crippen LogP contribution in [0, 0.1) is 0 Å². The molecule has 0 aliphatic rings. The van der Waals surface area contributed by atoms with Gasteiger partial charge < -0.3 is 19.9 Å². The molecule has 0 heterocycles. The van der Waals surface area contributed by atoms with Gasteiger partial charge in [0.05, 0.1) is 31.7 Å². The summed E-state index contributed by atoms with van der Waals surface area (Å²) < 4.78 is 10.6. The van der Waals surface area contributed by atoms with Gasteiger partial charge in [-0.1, -0.05) is 24.3 Å². The molecule has 0 saturated heterocycles. The monoisotopic (exact) mass is 343 g/mol. The largest absolute Gasteiger partial charge is 0.497 e. The van der Waals surface area contributed by atoms with Crippen LogP contribution in [0.1, 0.15) is 35.3 Å². The Balaban J connectivity index is 2.24. The Morgan fingerprint density at radius 3 is 2.40 bits per heavy atom. The first-order chi connectivity index (χ1) is 12.0. The van der Waals surface area contributed by atoms with E-state index in [0.717, 1.165) is 0 Å². The van der Waals surface area contributed by atoms with Crippen molar-refractivity contribution in [1.82, 2.24) is 5.32 Å². The first-order valence-corrected chi connectivity index (χ1v) is 7.93. The summed E-state index contributed by atoms with van der Waals surface area (Å²) in [6.07, 6.45) is -0.227. The highest BCUT2D eigenvalue weighted by molar-refractivity contribution is 5.97. The molecule has 0 aliphatic heterocycles. The third-order valence-electron chi connectivity index (χ3n) is 3.63. The number of para-hydroxylation sites is 1. The highest BCUT2D eigenvalue weighted by Gasteiger charge is 2.21. The zero-order chi connectivity index (χ0) is 18.2. The lowest BCUT2D eigenvalue weighted by atomic mass is 10.0. The number of rotatable bonds is 8. The number of carbonyl (C=O) groups excluding carboxylic acids is 1. The zero-order valence-electron chi connectivity index (χ0n) is 14.2. The molecule has 0 spiro atoms. The quantitative estimate of drug-likeness (QED) is 0.769. The molecule has 132 valence electrons. The van der Waals surface area contributed by atoms with E-state index in [1.165, 1.54) is 0 Å². The molecular weight excluding hydrogens is 322 g/mol. The zero-order valence-corrected chi connectivity index (χ0v) is 14.2. The van der Waals surface area contributed by atoms with Gasteiger partial charge in [-0.05, 0) is 36.8 Å². The normalized spacial score (nSPS) is 11.4. The van der Waals surface area contributed by atoms with E-state index in [2.05, 4.69) is 5.32 Å². The van der Waals surface area contributed by atoms with Gasteiger partial charge in [0, 0.05) is 0 Å². The highest BCUT2D eigenvalue weighted by atomic mass is 16.5. The first kappa shape index (κ1) is 18.3. The van der Waals surface area contributed by atoms with Gasteiger partial charge in [0.15, 0.2) is 0 Å². The van der Waals surface area contributed by atoms with Gasteiger partial charge in [0.2, 0.25) is 0 Å². The van der Waals surface area contributed by atoms with E-state index in [1.807, 2.05) is 6.92 Å². The molecule has 2 aromatic rings. The molecule has 0 radical (unpaired) electrons. The second-order valence-electron chi connectivity index (χ2n) is 5.33. The van der Waals surface area contributed by atoms with Crippen LogP contribution >= 0.6 is 0 Å². The number of amides is 1. The fraction of sp³-hybridized carbons (Fsp3) is 0.263. The van der Waals surface area contributed by atoms with Crippen LogP contribution in [0.25, 0.3) is 0 Å². The standard InChI is InChI=1S/C19H21NO5/c1-3-25-17-7-5-4-6-15(17)19(23)20-16(12-18(21)22)13-8-10-14(24-2)11-9-13/h4-11,16H,3,12H2,1-2H3,(H,20,23)(H,21,22)/t16-/m0/s1. The van der Waals surface area contributed by atoms with Crippen molar-refractivity contribution < 1.29 is 24.2 Å². The van der Waals surface area contributed by atoms with Crippen LogP contribution in [0.2, 0.25) is 0 Å². The average molecular weight is 343 g/mol. The molecule has 2 N–H and O–H groups in total. The molecule has 0 aliphatic carbocycles. The summed E-state index contributed by atoms with van der Waals surface area (Å²) in [6.45, 7) is 2.26. The van der Waals surface area contributed by atoms with Gasteiger partial charge >= 0.3 is 5.97 Å². The molecule has 0 unspecified atom stereocenters. The van der Waals surface area contributed by atoms with Crippen LogP contribution in [0.4, 0.5) is 0 Å². The maximum atomic E-state index is 12.6. The van der Waals surface area contributed by atoms with Crippen LogP contribution in [-0.4, -0.2) is 30.7 Å². The van der Waals surface area contributed by atoms with Gasteiger partial charge in [-0.3, -0.25) is 9.59 Å². The van der Waals surface area contributed by atoms with Crippen LogP contribution in [0.15, 0.2) is 48.5 Å². The van der Waals surface area contributed by atoms with Crippen LogP contribution in [-0.2, 0) is 4.79 Å². The van der Waals surface area contributed by atoms with Gasteiger partial charge in [0.25, 0.3) is 5.91 Å². The number of ether oxygens (including phenoxy) is 2. The molecule has 0 saturated carbocycles. The number of methoxy groups -OCH3 is 1. The second kappa shape index (κ2) is 8.73. The van der Waals surface area contributed by atoms with E-state index in [4.69, 9.17) is 14.6 Å². The lowest BCUT2D eigenvalue weighted by Crippen LogP contribution is -2.30. The summed E-state index contributed by atoms with van der Waals surface area (Å²) in [4.78, 5) is 23.8. The van der Waals surface area contributed by atoms with Crippen molar-refractivity contribution in [2.24, 2.45) is 0 Å². The van der Waals surface area contributed by atoms with Gasteiger partial charge in [0.1, 0.15) is 11.5 Å². The number of carboxylic acid groups (broad SMARTS) is 1. The van der Waals surface area contributed by atoms with E-state index >= 15 is 0 Å². The molecular formula is C19H21NO5. The number of nitrogens with one attached hydrogen (secondary N) is 1. The Labute approximate surface area is 146 Å². The molecule has 1 atom stereocenters. The Hall–Kier alpha value is -3.02. The van der Waals surface area contributed by atoms with Crippen LogP contribution in [0.5, 0.6) is 11.5 Å². The summed E-state index contributed by atoms with van der Waals surface area (Å²) in [5.41, 5.74) is 1.05. The summed E-state index contributed by atoms with van der Waals surface area (Å²) >= 11 is 0. The average Bonchev–Trinajstić information content (AvgIpc) is 2.61. The molecule has 6 heteroatoms. The molecule has 0 fully saturated rings. The molecule has 2 rings (SSSR count). The minimum atomic E-state index is -1.00. The number of carbonyl (C=O) groups is 2. The van der Waals surface area contributed by atoms with E-state index in [1.54, 1.807) is 55.6 Å². The van der Waals surface area contributed by atoms with E-state index in [-0.39, 0.29) is 12.3 Å². The lowest BCUT2D eigenvalue weighted by Gasteiger charge is -2.19. The van der Waals surface area contributed by atoms with Crippen molar-refractivity contribution >= 4 is 11.9 Å². The molecule has 25 heavy (non-hydrogen) atoms. The van der Waals surface area contributed by atoms with E-state index < -0.39 is 12.0 Å². The Kier molecular flexibility index (Phi) is 6.39. The second-order valence-corrected chi connectivity index (χ2v) is 5.33. The summed E-state index contributed by atoms with van der Waals surface area (Å²) in [5.74, 6) is -0.262. The fourth-order valence-electron chi connectivity index (χ4n) is 2.43. The molecule has 1 amide bonds. The molecule has 2 aromatic carbocycles. The molecule has 6 nitrogen and oxygen atoms in total. The van der Waals surface area contributed by atoms with Crippen molar-refractivity contribution in [1.29, 1.82) is 0 Å². The van der Waals surface area contributed by atoms with Crippen molar-refractivity contribution in [2.75, 3.05) is 13.7 Å². The number of hydrogen-bond acceptors (Lipinski definition) is 4. The lowest BCUT2D eigenvalue weighted by molar-refractivity contribution is -0.137. The summed E-state index contributed by atoms with van der Waals surface area (Å²) in [5, 5.41) is 11.9. The Morgan fingerprint density at radius 1 is 1.12 bits per heavy atom. The number of benzene rings is 2. The van der Waals surface area contributed by atoms with Crippen LogP contribution < -0.4 is 14.8 Å².